The molecule has 0 spiro atoms. The fourth-order valence-corrected chi connectivity index (χ4v) is 4.43. The van der Waals surface area contributed by atoms with Crippen molar-refractivity contribution in [3.8, 4) is 0 Å². The first kappa shape index (κ1) is 17.9. The third kappa shape index (κ3) is 4.18. The Kier molecular flexibility index (Phi) is 5.69. The molecule has 0 radical (unpaired) electrons. The van der Waals surface area contributed by atoms with E-state index in [9.17, 15) is 9.59 Å². The monoisotopic (exact) mass is 355 g/mol. The molecule has 0 unspecified atom stereocenters. The normalized spacial score (nSPS) is 20.2. The Balaban J connectivity index is 1.74. The van der Waals surface area contributed by atoms with Crippen molar-refractivity contribution in [2.24, 2.45) is 11.8 Å². The largest absolute Gasteiger partial charge is 0.340 e. The molecule has 0 aliphatic heterocycles. The number of ketones is 1. The maximum Gasteiger partial charge on any atom is 0.226 e. The number of benzene rings is 1. The second kappa shape index (κ2) is 7.96. The number of Topliss-reactive ketones (excluding diaryl/α,β-unsaturated/α-hetero) is 1. The molecule has 0 N–H and O–H groups in total. The van der Waals surface area contributed by atoms with Gasteiger partial charge < -0.3 is 4.90 Å². The Morgan fingerprint density at radius 2 is 1.76 bits per heavy atom. The van der Waals surface area contributed by atoms with Gasteiger partial charge in [0.15, 0.2) is 5.78 Å². The fraction of sp³-hybridized carbons (Fsp3) is 0.429. The predicted octanol–water partition coefficient (Wildman–Crippen LogP) is 4.70. The number of carbonyl (C=O) groups excluding carboxylic acids is 2. The topological polar surface area (TPSA) is 37.4 Å². The van der Waals surface area contributed by atoms with E-state index in [0.717, 1.165) is 36.8 Å². The Bertz CT molecular complexity index is 721. The minimum Gasteiger partial charge on any atom is -0.340 e. The Labute approximate surface area is 153 Å². The number of rotatable bonds is 5. The quantitative estimate of drug-likeness (QED) is 0.729. The third-order valence-corrected chi connectivity index (χ3v) is 5.97. The summed E-state index contributed by atoms with van der Waals surface area (Å²) in [5, 5.41) is 2.03. The number of carbonyl (C=O) groups is 2. The van der Waals surface area contributed by atoms with Crippen LogP contribution in [0.5, 0.6) is 0 Å². The Morgan fingerprint density at radius 3 is 2.40 bits per heavy atom. The molecule has 1 saturated carbocycles. The lowest BCUT2D eigenvalue weighted by Gasteiger charge is -2.32. The van der Waals surface area contributed by atoms with E-state index in [2.05, 4.69) is 0 Å². The lowest BCUT2D eigenvalue weighted by atomic mass is 9.74. The summed E-state index contributed by atoms with van der Waals surface area (Å²) in [6, 6.07) is 11.8. The molecule has 1 heterocycles. The number of aryl methyl sites for hydroxylation is 1. The van der Waals surface area contributed by atoms with Gasteiger partial charge >= 0.3 is 0 Å². The first-order valence-corrected chi connectivity index (χ1v) is 9.82. The molecule has 0 bridgehead atoms. The Morgan fingerprint density at radius 1 is 1.08 bits per heavy atom. The van der Waals surface area contributed by atoms with E-state index in [1.54, 1.807) is 16.2 Å². The van der Waals surface area contributed by atoms with Crippen LogP contribution >= 0.6 is 11.3 Å². The molecule has 1 aromatic heterocycles. The van der Waals surface area contributed by atoms with Gasteiger partial charge in [-0.25, -0.2) is 0 Å². The molecule has 4 heteroatoms. The summed E-state index contributed by atoms with van der Waals surface area (Å²) in [7, 11) is 1.85. The van der Waals surface area contributed by atoms with Crippen LogP contribution in [-0.4, -0.2) is 23.6 Å². The molecular formula is C21H25NO2S. The number of nitrogens with zero attached hydrogens (tertiary/aromatic N) is 1. The number of amides is 1. The minimum absolute atomic E-state index is 0.110. The van der Waals surface area contributed by atoms with Gasteiger partial charge in [-0.15, -0.1) is 11.3 Å². The van der Waals surface area contributed by atoms with Crippen LogP contribution in [0, 0.1) is 18.8 Å². The van der Waals surface area contributed by atoms with Crippen LogP contribution in [0.25, 0.3) is 0 Å². The van der Waals surface area contributed by atoms with E-state index in [4.69, 9.17) is 0 Å². The van der Waals surface area contributed by atoms with Crippen LogP contribution in [-0.2, 0) is 11.3 Å². The summed E-state index contributed by atoms with van der Waals surface area (Å²) in [5.41, 5.74) is 1.87. The van der Waals surface area contributed by atoms with Crippen LogP contribution in [0.15, 0.2) is 41.8 Å². The third-order valence-electron chi connectivity index (χ3n) is 5.11. The van der Waals surface area contributed by atoms with Gasteiger partial charge in [-0.2, -0.15) is 0 Å². The first-order chi connectivity index (χ1) is 12.1. The molecule has 0 saturated heterocycles. The summed E-state index contributed by atoms with van der Waals surface area (Å²) < 4.78 is 0. The van der Waals surface area contributed by atoms with Crippen molar-refractivity contribution in [3.63, 3.8) is 0 Å². The molecule has 1 amide bonds. The van der Waals surface area contributed by atoms with Crippen molar-refractivity contribution < 1.29 is 9.59 Å². The van der Waals surface area contributed by atoms with Crippen LogP contribution in [0.2, 0.25) is 0 Å². The van der Waals surface area contributed by atoms with Gasteiger partial charge in [0.1, 0.15) is 0 Å². The molecule has 2 atom stereocenters. The van der Waals surface area contributed by atoms with Gasteiger partial charge in [0.2, 0.25) is 5.91 Å². The minimum atomic E-state index is -0.187. The maximum atomic E-state index is 13.0. The van der Waals surface area contributed by atoms with Gasteiger partial charge in [-0.1, -0.05) is 48.7 Å². The number of thiophene rings is 1. The lowest BCUT2D eigenvalue weighted by Crippen LogP contribution is -2.40. The summed E-state index contributed by atoms with van der Waals surface area (Å²) in [6.45, 7) is 2.64. The standard InChI is InChI=1S/C21H25NO2S/c1-15-9-11-16(12-10-15)20(23)18-7-3-4-8-19(18)21(24)22(2)14-17-6-5-13-25-17/h5-6,9-13,18-19H,3-4,7-8,14H2,1-2H3/t18-,19+/m1/s1. The zero-order chi connectivity index (χ0) is 17.8. The van der Waals surface area contributed by atoms with Crippen molar-refractivity contribution in [1.29, 1.82) is 0 Å². The van der Waals surface area contributed by atoms with Crippen molar-refractivity contribution >= 4 is 23.0 Å². The Hall–Kier alpha value is -1.94. The highest BCUT2D eigenvalue weighted by Gasteiger charge is 2.37. The zero-order valence-corrected chi connectivity index (χ0v) is 15.7. The van der Waals surface area contributed by atoms with Crippen LogP contribution in [0.4, 0.5) is 0 Å². The zero-order valence-electron chi connectivity index (χ0n) is 14.9. The molecular weight excluding hydrogens is 330 g/mol. The summed E-state index contributed by atoms with van der Waals surface area (Å²) in [6.07, 6.45) is 3.69. The molecule has 1 aliphatic carbocycles. The summed E-state index contributed by atoms with van der Waals surface area (Å²) in [4.78, 5) is 29.0. The SMILES string of the molecule is Cc1ccc(C(=O)[C@@H]2CCCC[C@@H]2C(=O)N(C)Cc2cccs2)cc1. The van der Waals surface area contributed by atoms with Crippen LogP contribution in [0.1, 0.15) is 46.5 Å². The highest BCUT2D eigenvalue weighted by molar-refractivity contribution is 7.09. The van der Waals surface area contributed by atoms with Crippen LogP contribution in [0.3, 0.4) is 0 Å². The van der Waals surface area contributed by atoms with Crippen molar-refractivity contribution in [2.75, 3.05) is 7.05 Å². The van der Waals surface area contributed by atoms with E-state index in [-0.39, 0.29) is 23.5 Å². The van der Waals surface area contributed by atoms with Crippen LogP contribution < -0.4 is 0 Å². The average Bonchev–Trinajstić information content (AvgIpc) is 3.14. The average molecular weight is 356 g/mol. The van der Waals surface area contributed by atoms with Gasteiger partial charge in [0.05, 0.1) is 6.54 Å². The van der Waals surface area contributed by atoms with Gasteiger partial charge in [-0.05, 0) is 31.2 Å². The highest BCUT2D eigenvalue weighted by atomic mass is 32.1. The van der Waals surface area contributed by atoms with E-state index in [1.807, 2.05) is 55.7 Å². The van der Waals surface area contributed by atoms with E-state index in [0.29, 0.717) is 6.54 Å². The van der Waals surface area contributed by atoms with Gasteiger partial charge in [-0.3, -0.25) is 9.59 Å². The second-order valence-corrected chi connectivity index (χ2v) is 8.03. The second-order valence-electron chi connectivity index (χ2n) is 7.00. The highest BCUT2D eigenvalue weighted by Crippen LogP contribution is 2.34. The van der Waals surface area contributed by atoms with E-state index in [1.165, 1.54) is 4.88 Å². The van der Waals surface area contributed by atoms with E-state index < -0.39 is 0 Å². The molecule has 3 rings (SSSR count). The molecule has 25 heavy (non-hydrogen) atoms. The lowest BCUT2D eigenvalue weighted by molar-refractivity contribution is -0.137. The maximum absolute atomic E-state index is 13.0. The van der Waals surface area contributed by atoms with Crippen molar-refractivity contribution in [1.82, 2.24) is 4.90 Å². The molecule has 3 nitrogen and oxygen atoms in total. The molecule has 2 aromatic rings. The van der Waals surface area contributed by atoms with E-state index >= 15 is 0 Å². The molecule has 1 fully saturated rings. The summed E-state index contributed by atoms with van der Waals surface area (Å²) >= 11 is 1.66. The number of hydrogen-bond donors (Lipinski definition) is 0. The van der Waals surface area contributed by atoms with Crippen molar-refractivity contribution in [3.05, 3.63) is 57.8 Å². The van der Waals surface area contributed by atoms with Gasteiger partial charge in [0.25, 0.3) is 0 Å². The first-order valence-electron chi connectivity index (χ1n) is 8.94. The molecule has 132 valence electrons. The summed E-state index contributed by atoms with van der Waals surface area (Å²) in [5.74, 6) is -0.136. The number of hydrogen-bond acceptors (Lipinski definition) is 3. The smallest absolute Gasteiger partial charge is 0.226 e. The van der Waals surface area contributed by atoms with Gasteiger partial charge in [0, 0.05) is 29.3 Å². The van der Waals surface area contributed by atoms with Crippen molar-refractivity contribution in [2.45, 2.75) is 39.2 Å². The predicted molar refractivity (Wildman–Crippen MR) is 102 cm³/mol. The molecule has 1 aromatic carbocycles. The fourth-order valence-electron chi connectivity index (χ4n) is 3.67. The molecule has 1 aliphatic rings.